The summed E-state index contributed by atoms with van der Waals surface area (Å²) in [5.41, 5.74) is 2.21. The second-order valence-electron chi connectivity index (χ2n) is 4.37. The zero-order chi connectivity index (χ0) is 13.0. The molecule has 0 saturated carbocycles. The quantitative estimate of drug-likeness (QED) is 0.845. The Kier molecular flexibility index (Phi) is 4.15. The van der Waals surface area contributed by atoms with Gasteiger partial charge >= 0.3 is 0 Å². The van der Waals surface area contributed by atoms with Crippen molar-refractivity contribution < 1.29 is 0 Å². The van der Waals surface area contributed by atoms with Gasteiger partial charge in [0.15, 0.2) is 0 Å². The minimum absolute atomic E-state index is 0.119. The molecule has 0 aliphatic rings. The van der Waals surface area contributed by atoms with Crippen molar-refractivity contribution in [3.05, 3.63) is 35.9 Å². The lowest BCUT2D eigenvalue weighted by molar-refractivity contribution is 0.517. The summed E-state index contributed by atoms with van der Waals surface area (Å²) in [5, 5.41) is 12.4. The molecule has 98 valence electrons. The van der Waals surface area contributed by atoms with Gasteiger partial charge in [0.05, 0.1) is 17.4 Å². The van der Waals surface area contributed by atoms with Crippen molar-refractivity contribution in [1.29, 1.82) is 0 Å². The number of aryl methyl sites for hydroxylation is 2. The third-order valence-corrected chi connectivity index (χ3v) is 2.97. The van der Waals surface area contributed by atoms with Crippen LogP contribution in [0.3, 0.4) is 0 Å². The first-order chi connectivity index (χ1) is 8.76. The zero-order valence-electron chi connectivity index (χ0n) is 11.3. The van der Waals surface area contributed by atoms with Crippen LogP contribution in [0.25, 0.3) is 0 Å². The molecule has 18 heavy (non-hydrogen) atoms. The predicted octanol–water partition coefficient (Wildman–Crippen LogP) is 1.73. The van der Waals surface area contributed by atoms with Gasteiger partial charge in [0, 0.05) is 26.0 Å². The summed E-state index contributed by atoms with van der Waals surface area (Å²) < 4.78 is 3.85. The summed E-state index contributed by atoms with van der Waals surface area (Å²) in [5.74, 6) is 0. The van der Waals surface area contributed by atoms with Gasteiger partial charge in [0.1, 0.15) is 0 Å². The van der Waals surface area contributed by atoms with E-state index >= 15 is 0 Å². The predicted molar refractivity (Wildman–Crippen MR) is 71.2 cm³/mol. The Morgan fingerprint density at radius 3 is 2.78 bits per heavy atom. The molecule has 1 unspecified atom stereocenters. The van der Waals surface area contributed by atoms with E-state index in [0.29, 0.717) is 0 Å². The van der Waals surface area contributed by atoms with E-state index in [0.717, 1.165) is 25.2 Å². The molecule has 0 radical (unpaired) electrons. The summed E-state index contributed by atoms with van der Waals surface area (Å²) in [7, 11) is 1.94. The van der Waals surface area contributed by atoms with Crippen molar-refractivity contribution in [2.45, 2.75) is 32.9 Å². The summed E-state index contributed by atoms with van der Waals surface area (Å²) in [6, 6.07) is 4.24. The van der Waals surface area contributed by atoms with Crippen molar-refractivity contribution in [3.63, 3.8) is 0 Å². The molecule has 1 N–H and O–H groups in total. The van der Waals surface area contributed by atoms with E-state index in [1.807, 2.05) is 28.8 Å². The zero-order valence-corrected chi connectivity index (χ0v) is 11.3. The first kappa shape index (κ1) is 12.8. The molecule has 0 amide bonds. The smallest absolute Gasteiger partial charge is 0.0940 e. The van der Waals surface area contributed by atoms with E-state index < -0.39 is 0 Å². The molecule has 0 fully saturated rings. The van der Waals surface area contributed by atoms with Crippen molar-refractivity contribution in [2.24, 2.45) is 7.05 Å². The highest BCUT2D eigenvalue weighted by atomic mass is 15.3. The highest BCUT2D eigenvalue weighted by Crippen LogP contribution is 2.20. The average molecular weight is 247 g/mol. The Morgan fingerprint density at radius 1 is 1.33 bits per heavy atom. The maximum atomic E-state index is 4.51. The van der Waals surface area contributed by atoms with Gasteiger partial charge in [-0.05, 0) is 32.0 Å². The van der Waals surface area contributed by atoms with Gasteiger partial charge in [-0.25, -0.2) is 0 Å². The molecular weight excluding hydrogens is 226 g/mol. The second-order valence-corrected chi connectivity index (χ2v) is 4.37. The molecule has 2 aromatic heterocycles. The van der Waals surface area contributed by atoms with Crippen LogP contribution in [0.15, 0.2) is 24.5 Å². The largest absolute Gasteiger partial charge is 0.304 e. The summed E-state index contributed by atoms with van der Waals surface area (Å²) in [6.45, 7) is 6.11. The van der Waals surface area contributed by atoms with Gasteiger partial charge in [0.25, 0.3) is 0 Å². The third-order valence-electron chi connectivity index (χ3n) is 2.97. The topological polar surface area (TPSA) is 47.7 Å². The first-order valence-corrected chi connectivity index (χ1v) is 6.50. The van der Waals surface area contributed by atoms with Crippen molar-refractivity contribution in [3.8, 4) is 0 Å². The van der Waals surface area contributed by atoms with Crippen molar-refractivity contribution in [1.82, 2.24) is 24.9 Å². The monoisotopic (exact) mass is 247 g/mol. The molecule has 5 heteroatoms. The SMILES string of the molecule is CCCNC(c1ccn(C)n1)c1ccnn1CC. The highest BCUT2D eigenvalue weighted by Gasteiger charge is 2.19. The van der Waals surface area contributed by atoms with E-state index in [1.165, 1.54) is 5.69 Å². The normalized spacial score (nSPS) is 12.8. The first-order valence-electron chi connectivity index (χ1n) is 6.50. The average Bonchev–Trinajstić information content (AvgIpc) is 2.99. The van der Waals surface area contributed by atoms with Crippen LogP contribution in [0.5, 0.6) is 0 Å². The molecule has 2 rings (SSSR count). The Morgan fingerprint density at radius 2 is 2.17 bits per heavy atom. The van der Waals surface area contributed by atoms with Gasteiger partial charge in [-0.3, -0.25) is 9.36 Å². The minimum atomic E-state index is 0.119. The lowest BCUT2D eigenvalue weighted by Gasteiger charge is -2.17. The van der Waals surface area contributed by atoms with Crippen LogP contribution < -0.4 is 5.32 Å². The van der Waals surface area contributed by atoms with E-state index in [9.17, 15) is 0 Å². The molecule has 0 spiro atoms. The lowest BCUT2D eigenvalue weighted by atomic mass is 10.1. The van der Waals surface area contributed by atoms with Crippen LogP contribution in [0.1, 0.15) is 37.7 Å². The van der Waals surface area contributed by atoms with Crippen LogP contribution in [-0.4, -0.2) is 26.1 Å². The number of aromatic nitrogens is 4. The Balaban J connectivity index is 2.30. The molecular formula is C13H21N5. The van der Waals surface area contributed by atoms with E-state index in [2.05, 4.69) is 41.5 Å². The third kappa shape index (κ3) is 2.61. The Labute approximate surface area is 108 Å². The maximum absolute atomic E-state index is 4.51. The molecule has 1 atom stereocenters. The summed E-state index contributed by atoms with van der Waals surface area (Å²) in [6.07, 6.45) is 4.93. The van der Waals surface area contributed by atoms with Gasteiger partial charge in [-0.15, -0.1) is 0 Å². The van der Waals surface area contributed by atoms with Crippen molar-refractivity contribution in [2.75, 3.05) is 6.54 Å². The molecule has 0 bridgehead atoms. The number of nitrogens with one attached hydrogen (secondary N) is 1. The fourth-order valence-electron chi connectivity index (χ4n) is 2.09. The van der Waals surface area contributed by atoms with Crippen LogP contribution in [0.2, 0.25) is 0 Å². The van der Waals surface area contributed by atoms with Crippen LogP contribution in [0.4, 0.5) is 0 Å². The molecule has 0 aliphatic heterocycles. The van der Waals surface area contributed by atoms with Crippen LogP contribution in [0, 0.1) is 0 Å². The lowest BCUT2D eigenvalue weighted by Crippen LogP contribution is -2.26. The van der Waals surface area contributed by atoms with Crippen LogP contribution in [-0.2, 0) is 13.6 Å². The van der Waals surface area contributed by atoms with Gasteiger partial charge in [-0.2, -0.15) is 10.2 Å². The van der Waals surface area contributed by atoms with Crippen molar-refractivity contribution >= 4 is 0 Å². The molecule has 0 aliphatic carbocycles. The van der Waals surface area contributed by atoms with Gasteiger partial charge in [-0.1, -0.05) is 6.92 Å². The fourth-order valence-corrected chi connectivity index (χ4v) is 2.09. The minimum Gasteiger partial charge on any atom is -0.304 e. The molecule has 0 aromatic carbocycles. The maximum Gasteiger partial charge on any atom is 0.0940 e. The van der Waals surface area contributed by atoms with E-state index in [4.69, 9.17) is 0 Å². The summed E-state index contributed by atoms with van der Waals surface area (Å²) in [4.78, 5) is 0. The van der Waals surface area contributed by atoms with Gasteiger partial charge in [0.2, 0.25) is 0 Å². The molecule has 2 heterocycles. The number of rotatable bonds is 6. The Bertz CT molecular complexity index is 485. The van der Waals surface area contributed by atoms with Gasteiger partial charge < -0.3 is 5.32 Å². The highest BCUT2D eigenvalue weighted by molar-refractivity contribution is 5.20. The van der Waals surface area contributed by atoms with E-state index in [1.54, 1.807) is 0 Å². The Hall–Kier alpha value is -1.62. The molecule has 2 aromatic rings. The second kappa shape index (κ2) is 5.82. The number of hydrogen-bond acceptors (Lipinski definition) is 3. The van der Waals surface area contributed by atoms with E-state index in [-0.39, 0.29) is 6.04 Å². The number of hydrogen-bond donors (Lipinski definition) is 1. The molecule has 5 nitrogen and oxygen atoms in total. The fraction of sp³-hybridized carbons (Fsp3) is 0.538. The number of nitrogens with zero attached hydrogens (tertiary/aromatic N) is 4. The summed E-state index contributed by atoms with van der Waals surface area (Å²) >= 11 is 0. The molecule has 0 saturated heterocycles. The van der Waals surface area contributed by atoms with Crippen LogP contribution >= 0.6 is 0 Å². The standard InChI is InChI=1S/C13H21N5/c1-4-8-14-13(11-7-10-17(3)16-11)12-6-9-15-18(12)5-2/h6-7,9-10,13-14H,4-5,8H2,1-3H3.